The van der Waals surface area contributed by atoms with Crippen LogP contribution in [0.3, 0.4) is 0 Å². The van der Waals surface area contributed by atoms with Crippen molar-refractivity contribution < 1.29 is 43.9 Å². The van der Waals surface area contributed by atoms with Gasteiger partial charge in [-0.2, -0.15) is 0 Å². The Balaban J connectivity index is 0.00000187. The molecule has 0 bridgehead atoms. The molecular weight excluding hydrogens is 535 g/mol. The molecule has 220 valence electrons. The largest absolute Gasteiger partial charge is 0.480 e. The van der Waals surface area contributed by atoms with Gasteiger partial charge in [-0.25, -0.2) is 9.59 Å². The van der Waals surface area contributed by atoms with Gasteiger partial charge in [0.15, 0.2) is 0 Å². The number of likely N-dealkylation sites (tertiary alicyclic amines) is 1. The highest BCUT2D eigenvalue weighted by Crippen LogP contribution is 2.17. The molecule has 41 heavy (non-hydrogen) atoms. The number of hydrogen-bond donors (Lipinski definition) is 6. The van der Waals surface area contributed by atoms with E-state index in [0.717, 1.165) is 11.1 Å². The number of alkyl carbamates (subject to hydrolysis) is 1. The number of hydrogen-bond acceptors (Lipinski definition) is 8. The van der Waals surface area contributed by atoms with Gasteiger partial charge in [0.05, 0.1) is 0 Å². The summed E-state index contributed by atoms with van der Waals surface area (Å²) in [5, 5.41) is 31.2. The molecule has 1 fully saturated rings. The zero-order valence-electron chi connectivity index (χ0n) is 22.7. The summed E-state index contributed by atoms with van der Waals surface area (Å²) in [5.41, 5.74) is 1.55. The molecule has 2 aromatic rings. The molecule has 6 N–H and O–H groups in total. The minimum absolute atomic E-state index is 0.0592. The van der Waals surface area contributed by atoms with E-state index in [2.05, 4.69) is 16.0 Å². The molecule has 4 amide bonds. The fourth-order valence-electron chi connectivity index (χ4n) is 4.08. The van der Waals surface area contributed by atoms with Gasteiger partial charge >= 0.3 is 19.7 Å². The van der Waals surface area contributed by atoms with Crippen molar-refractivity contribution in [2.24, 2.45) is 0 Å². The van der Waals surface area contributed by atoms with Gasteiger partial charge in [-0.15, -0.1) is 0 Å². The Kier molecular flexibility index (Phi) is 13.8. The summed E-state index contributed by atoms with van der Waals surface area (Å²) in [5.74, 6) is -2.83. The van der Waals surface area contributed by atoms with E-state index in [-0.39, 0.29) is 19.6 Å². The van der Waals surface area contributed by atoms with E-state index < -0.39 is 55.6 Å². The number of aliphatic carboxylic acids is 1. The highest BCUT2D eigenvalue weighted by atomic mass is 16.5. The number of carbonyl (C=O) groups excluding carboxylic acids is 4. The van der Waals surface area contributed by atoms with E-state index in [0.29, 0.717) is 19.4 Å². The number of nitrogens with one attached hydrogen (secondary N) is 3. The number of carboxylic acids is 1. The van der Waals surface area contributed by atoms with Gasteiger partial charge in [0.25, 0.3) is 0 Å². The predicted molar refractivity (Wildman–Crippen MR) is 148 cm³/mol. The summed E-state index contributed by atoms with van der Waals surface area (Å²) in [6, 6.07) is 15.0. The molecule has 1 aliphatic heterocycles. The van der Waals surface area contributed by atoms with Crippen LogP contribution in [0.5, 0.6) is 0 Å². The van der Waals surface area contributed by atoms with Gasteiger partial charge in [0.2, 0.25) is 17.7 Å². The molecule has 0 spiro atoms. The molecule has 1 aliphatic rings. The van der Waals surface area contributed by atoms with Crippen LogP contribution in [0.1, 0.15) is 30.9 Å². The summed E-state index contributed by atoms with van der Waals surface area (Å²) in [4.78, 5) is 63.1. The Morgan fingerprint density at radius 1 is 0.976 bits per heavy atom. The predicted octanol–water partition coefficient (Wildman–Crippen LogP) is -0.542. The maximum atomic E-state index is 12.9. The van der Waals surface area contributed by atoms with Crippen molar-refractivity contribution in [3.63, 3.8) is 0 Å². The average Bonchev–Trinajstić information content (AvgIpc) is 3.46. The molecule has 1 heterocycles. The first-order valence-corrected chi connectivity index (χ1v) is 13.0. The minimum atomic E-state index is -1.19. The van der Waals surface area contributed by atoms with Crippen LogP contribution in [-0.2, 0) is 36.9 Å². The summed E-state index contributed by atoms with van der Waals surface area (Å²) in [6.45, 7) is 1.49. The molecule has 3 rings (SSSR count). The second kappa shape index (κ2) is 17.3. The third-order valence-corrected chi connectivity index (χ3v) is 6.12. The van der Waals surface area contributed by atoms with Crippen LogP contribution in [0.15, 0.2) is 60.7 Å². The van der Waals surface area contributed by atoms with Crippen molar-refractivity contribution in [3.05, 3.63) is 71.8 Å². The van der Waals surface area contributed by atoms with Gasteiger partial charge in [0.1, 0.15) is 31.3 Å². The SMILES string of the molecule is C[C@H](NC(=O)[C@@H]1CCCN1C(=O)CNC(=O)OCc1ccccc1)C(=O)N[C@@H](Cc1ccccc1)C(=O)O.OBO. The summed E-state index contributed by atoms with van der Waals surface area (Å²) in [6.07, 6.45) is 0.321. The van der Waals surface area contributed by atoms with Crippen molar-refractivity contribution in [1.29, 1.82) is 0 Å². The topological polar surface area (TPSA) is 195 Å². The highest BCUT2D eigenvalue weighted by Gasteiger charge is 2.35. The Morgan fingerprint density at radius 2 is 1.56 bits per heavy atom. The third kappa shape index (κ3) is 11.3. The number of amides is 4. The Hall–Kier alpha value is -4.43. The van der Waals surface area contributed by atoms with Crippen molar-refractivity contribution in [2.45, 2.75) is 50.9 Å². The van der Waals surface area contributed by atoms with Gasteiger partial charge in [-0.3, -0.25) is 14.4 Å². The number of benzene rings is 2. The Bertz CT molecular complexity index is 1150. The van der Waals surface area contributed by atoms with Crippen LogP contribution < -0.4 is 16.0 Å². The lowest BCUT2D eigenvalue weighted by Gasteiger charge is -2.26. The average molecular weight is 570 g/mol. The molecule has 1 saturated heterocycles. The van der Waals surface area contributed by atoms with Gasteiger partial charge < -0.3 is 40.7 Å². The van der Waals surface area contributed by atoms with Crippen molar-refractivity contribution in [2.75, 3.05) is 13.1 Å². The van der Waals surface area contributed by atoms with Crippen LogP contribution in [0, 0.1) is 0 Å². The smallest absolute Gasteiger partial charge is 0.432 e. The van der Waals surface area contributed by atoms with Gasteiger partial charge in [0, 0.05) is 13.0 Å². The maximum Gasteiger partial charge on any atom is 0.432 e. The zero-order chi connectivity index (χ0) is 30.2. The zero-order valence-corrected chi connectivity index (χ0v) is 22.7. The lowest BCUT2D eigenvalue weighted by Crippen LogP contribution is -2.55. The number of rotatable bonds is 11. The van der Waals surface area contributed by atoms with E-state index in [1.807, 2.05) is 18.2 Å². The lowest BCUT2D eigenvalue weighted by atomic mass is 10.1. The second-order valence-electron chi connectivity index (χ2n) is 9.12. The highest BCUT2D eigenvalue weighted by molar-refractivity contribution is 6.13. The number of carboxylic acid groups (broad SMARTS) is 1. The van der Waals surface area contributed by atoms with E-state index in [4.69, 9.17) is 14.8 Å². The van der Waals surface area contributed by atoms with Gasteiger partial charge in [-0.05, 0) is 30.9 Å². The Morgan fingerprint density at radius 3 is 2.15 bits per heavy atom. The van der Waals surface area contributed by atoms with Crippen LogP contribution in [0.2, 0.25) is 0 Å². The maximum absolute atomic E-state index is 12.9. The van der Waals surface area contributed by atoms with Crippen LogP contribution in [0.4, 0.5) is 4.79 Å². The monoisotopic (exact) mass is 570 g/mol. The quantitative estimate of drug-likeness (QED) is 0.192. The number of ether oxygens (including phenoxy) is 1. The van der Waals surface area contributed by atoms with Crippen molar-refractivity contribution in [1.82, 2.24) is 20.9 Å². The summed E-state index contributed by atoms with van der Waals surface area (Å²) < 4.78 is 5.09. The molecule has 0 unspecified atom stereocenters. The minimum Gasteiger partial charge on any atom is -0.480 e. The lowest BCUT2D eigenvalue weighted by molar-refractivity contribution is -0.142. The number of carbonyl (C=O) groups is 5. The summed E-state index contributed by atoms with van der Waals surface area (Å²) in [7, 11) is -0.750. The molecule has 0 aliphatic carbocycles. The standard InChI is InChI=1S/C27H32N4O7.BH3O2/c1-18(24(33)30-21(26(35)36)15-19-9-4-2-5-10-19)29-25(34)22-13-8-14-31(22)23(32)16-28-27(37)38-17-20-11-6-3-7-12-20;2-1-3/h2-7,9-12,18,21-22H,8,13-17H2,1H3,(H,28,37)(H,29,34)(H,30,33)(H,35,36);1-3H/t18-,21-,22-;/m0./s1. The fraction of sp³-hybridized carbons (Fsp3) is 0.370. The fourth-order valence-corrected chi connectivity index (χ4v) is 4.08. The van der Waals surface area contributed by atoms with E-state index in [1.165, 1.54) is 11.8 Å². The van der Waals surface area contributed by atoms with E-state index >= 15 is 0 Å². The van der Waals surface area contributed by atoms with Gasteiger partial charge in [-0.1, -0.05) is 60.7 Å². The first kappa shape index (κ1) is 32.8. The first-order chi connectivity index (χ1) is 19.7. The normalized spacial score (nSPS) is 15.3. The van der Waals surface area contributed by atoms with E-state index in [1.54, 1.807) is 42.5 Å². The van der Waals surface area contributed by atoms with E-state index in [9.17, 15) is 29.1 Å². The number of nitrogens with zero attached hydrogens (tertiary/aromatic N) is 1. The third-order valence-electron chi connectivity index (χ3n) is 6.12. The van der Waals surface area contributed by atoms with Crippen molar-refractivity contribution in [3.8, 4) is 0 Å². The van der Waals surface area contributed by atoms with Crippen molar-refractivity contribution >= 4 is 37.5 Å². The summed E-state index contributed by atoms with van der Waals surface area (Å²) >= 11 is 0. The van der Waals surface area contributed by atoms with Crippen LogP contribution in [0.25, 0.3) is 0 Å². The molecular formula is C27H35BN4O9. The second-order valence-corrected chi connectivity index (χ2v) is 9.12. The molecule has 14 heteroatoms. The van der Waals surface area contributed by atoms with Crippen LogP contribution >= 0.6 is 0 Å². The first-order valence-electron chi connectivity index (χ1n) is 13.0. The van der Waals surface area contributed by atoms with Crippen LogP contribution in [-0.4, -0.2) is 88.7 Å². The molecule has 2 aromatic carbocycles. The molecule has 13 nitrogen and oxygen atoms in total. The molecule has 0 radical (unpaired) electrons. The Labute approximate surface area is 238 Å². The molecule has 3 atom stereocenters. The molecule has 0 aromatic heterocycles. The molecule has 0 saturated carbocycles.